The predicted molar refractivity (Wildman–Crippen MR) is 129 cm³/mol. The van der Waals surface area contributed by atoms with Gasteiger partial charge in [0.1, 0.15) is 0 Å². The Morgan fingerprint density at radius 3 is 2.24 bits per heavy atom. The Morgan fingerprint density at radius 1 is 0.939 bits per heavy atom. The molecule has 3 aromatic carbocycles. The molecule has 1 N–H and O–H groups in total. The molecule has 0 spiro atoms. The van der Waals surface area contributed by atoms with Gasteiger partial charge in [-0.15, -0.1) is 6.42 Å². The van der Waals surface area contributed by atoms with E-state index in [-0.39, 0.29) is 18.4 Å². The molecule has 0 bridgehead atoms. The first kappa shape index (κ1) is 21.7. The zero-order chi connectivity index (χ0) is 23.4. The number of rotatable bonds is 4. The summed E-state index contributed by atoms with van der Waals surface area (Å²) >= 11 is 0. The topological polar surface area (TPSA) is 75.2 Å². The summed E-state index contributed by atoms with van der Waals surface area (Å²) < 4.78 is 0. The second-order valence-electron chi connectivity index (χ2n) is 7.18. The Labute approximate surface area is 192 Å². The molecule has 6 nitrogen and oxygen atoms in total. The van der Waals surface area contributed by atoms with E-state index in [4.69, 9.17) is 6.42 Å². The van der Waals surface area contributed by atoms with Crippen LogP contribution in [0.5, 0.6) is 0 Å². The normalized spacial score (nSPS) is 12.1. The van der Waals surface area contributed by atoms with Gasteiger partial charge in [0.15, 0.2) is 0 Å². The van der Waals surface area contributed by atoms with Crippen LogP contribution in [-0.2, 0) is 6.54 Å². The summed E-state index contributed by atoms with van der Waals surface area (Å²) in [6.45, 7) is 4.22. The summed E-state index contributed by atoms with van der Waals surface area (Å²) in [4.78, 5) is 35.2. The molecule has 0 aliphatic carbocycles. The van der Waals surface area contributed by atoms with Crippen LogP contribution >= 0.6 is 0 Å². The third-order valence-electron chi connectivity index (χ3n) is 5.18. The summed E-state index contributed by atoms with van der Waals surface area (Å²) in [5.41, 5.74) is 4.12. The van der Waals surface area contributed by atoms with Crippen molar-refractivity contribution < 1.29 is 9.59 Å². The molecule has 0 saturated carbocycles. The monoisotopic (exact) mass is 434 g/mol. The number of benzene rings is 3. The minimum atomic E-state index is -0.264. The lowest BCUT2D eigenvalue weighted by Gasteiger charge is -2.14. The molecule has 0 radical (unpaired) electrons. The van der Waals surface area contributed by atoms with Gasteiger partial charge in [0, 0.05) is 22.8 Å². The Hall–Kier alpha value is -4.50. The van der Waals surface area contributed by atoms with Gasteiger partial charge in [0.25, 0.3) is 11.8 Å². The highest BCUT2D eigenvalue weighted by atomic mass is 16.2. The van der Waals surface area contributed by atoms with Crippen LogP contribution in [-0.4, -0.2) is 26.7 Å². The number of amides is 2. The molecular formula is C27H22N4O2. The van der Waals surface area contributed by atoms with Crippen molar-refractivity contribution in [2.75, 3.05) is 5.32 Å². The molecule has 1 aliphatic rings. The maximum absolute atomic E-state index is 12.5. The van der Waals surface area contributed by atoms with E-state index in [0.717, 1.165) is 27.7 Å². The fourth-order valence-electron chi connectivity index (χ4n) is 3.57. The highest BCUT2D eigenvalue weighted by Crippen LogP contribution is 2.25. The number of carbonyl (C=O) groups is 2. The van der Waals surface area contributed by atoms with Gasteiger partial charge in [-0.25, -0.2) is 9.97 Å². The van der Waals surface area contributed by atoms with Crippen LogP contribution in [0.1, 0.15) is 45.7 Å². The van der Waals surface area contributed by atoms with Gasteiger partial charge < -0.3 is 5.32 Å². The highest BCUT2D eigenvalue weighted by Gasteiger charge is 2.34. The van der Waals surface area contributed by atoms with Crippen molar-refractivity contribution in [2.45, 2.75) is 20.4 Å². The van der Waals surface area contributed by atoms with Crippen molar-refractivity contribution in [1.29, 1.82) is 0 Å². The molecule has 162 valence electrons. The molecule has 1 aromatic heterocycles. The van der Waals surface area contributed by atoms with Crippen LogP contribution in [0.4, 0.5) is 11.6 Å². The van der Waals surface area contributed by atoms with Gasteiger partial charge in [0.2, 0.25) is 5.95 Å². The van der Waals surface area contributed by atoms with Crippen molar-refractivity contribution in [3.05, 3.63) is 95.2 Å². The molecule has 33 heavy (non-hydrogen) atoms. The van der Waals surface area contributed by atoms with Crippen molar-refractivity contribution in [3.63, 3.8) is 0 Å². The van der Waals surface area contributed by atoms with Gasteiger partial charge >= 0.3 is 0 Å². The Bertz CT molecular complexity index is 1350. The van der Waals surface area contributed by atoms with Crippen molar-refractivity contribution in [3.8, 4) is 12.3 Å². The summed E-state index contributed by atoms with van der Waals surface area (Å²) in [5.74, 6) is 2.54. The van der Waals surface area contributed by atoms with E-state index in [9.17, 15) is 9.59 Å². The summed E-state index contributed by atoms with van der Waals surface area (Å²) in [6, 6.07) is 19.9. The standard InChI is InChI=1S/C25H16N4O2.C2H6/c1-2-16-9-12-22-18(13-16)14-26-25(28-22)27-19-10-7-17(8-11-19)15-29-23(30)20-5-3-4-6-21(20)24(29)31;1-2/h1,3-14H,15H2,(H,26,27,28);1-2H3. The number of fused-ring (bicyclic) bond motifs is 2. The molecule has 2 heterocycles. The lowest BCUT2D eigenvalue weighted by Crippen LogP contribution is -2.29. The van der Waals surface area contributed by atoms with Crippen LogP contribution < -0.4 is 5.32 Å². The third kappa shape index (κ3) is 4.30. The van der Waals surface area contributed by atoms with E-state index in [1.54, 1.807) is 30.5 Å². The van der Waals surface area contributed by atoms with Crippen LogP contribution in [0.2, 0.25) is 0 Å². The average Bonchev–Trinajstić information content (AvgIpc) is 3.11. The number of imide groups is 1. The molecule has 4 aromatic rings. The SMILES string of the molecule is C#Cc1ccc2nc(Nc3ccc(CN4C(=O)c5ccccc5C4=O)cc3)ncc2c1.CC. The molecule has 6 heteroatoms. The lowest BCUT2D eigenvalue weighted by molar-refractivity contribution is 0.0642. The predicted octanol–water partition coefficient (Wildman–Crippen LogP) is 5.18. The van der Waals surface area contributed by atoms with Crippen LogP contribution in [0.15, 0.2) is 72.9 Å². The van der Waals surface area contributed by atoms with Crippen molar-refractivity contribution in [2.24, 2.45) is 0 Å². The number of nitrogens with one attached hydrogen (secondary N) is 1. The second kappa shape index (κ2) is 9.33. The first-order chi connectivity index (χ1) is 16.1. The van der Waals surface area contributed by atoms with Gasteiger partial charge in [-0.2, -0.15) is 0 Å². The number of carbonyl (C=O) groups excluding carboxylic acids is 2. The quantitative estimate of drug-likeness (QED) is 0.354. The molecule has 0 unspecified atom stereocenters. The minimum absolute atomic E-state index is 0.219. The molecular weight excluding hydrogens is 412 g/mol. The average molecular weight is 434 g/mol. The van der Waals surface area contributed by atoms with Crippen molar-refractivity contribution in [1.82, 2.24) is 14.9 Å². The number of terminal acetylenes is 1. The minimum Gasteiger partial charge on any atom is -0.324 e. The Kier molecular flexibility index (Phi) is 6.14. The fraction of sp³-hybridized carbons (Fsp3) is 0.111. The van der Waals surface area contributed by atoms with Crippen LogP contribution in [0, 0.1) is 12.3 Å². The zero-order valence-corrected chi connectivity index (χ0v) is 18.4. The first-order valence-corrected chi connectivity index (χ1v) is 10.7. The maximum Gasteiger partial charge on any atom is 0.261 e. The molecule has 0 atom stereocenters. The first-order valence-electron chi connectivity index (χ1n) is 10.7. The lowest BCUT2D eigenvalue weighted by atomic mass is 10.1. The van der Waals surface area contributed by atoms with Gasteiger partial charge in [0.05, 0.1) is 23.2 Å². The largest absolute Gasteiger partial charge is 0.324 e. The van der Waals surface area contributed by atoms with Gasteiger partial charge in [-0.05, 0) is 48.0 Å². The number of nitrogens with zero attached hydrogens (tertiary/aromatic N) is 3. The molecule has 0 fully saturated rings. The van der Waals surface area contributed by atoms with Crippen molar-refractivity contribution >= 4 is 34.4 Å². The van der Waals surface area contributed by atoms with E-state index in [2.05, 4.69) is 21.2 Å². The molecule has 0 saturated heterocycles. The second-order valence-corrected chi connectivity index (χ2v) is 7.18. The van der Waals surface area contributed by atoms with E-state index in [0.29, 0.717) is 17.1 Å². The number of hydrogen-bond acceptors (Lipinski definition) is 5. The van der Waals surface area contributed by atoms with Gasteiger partial charge in [-0.1, -0.05) is 44.0 Å². The van der Waals surface area contributed by atoms with E-state index >= 15 is 0 Å². The van der Waals surface area contributed by atoms with E-state index in [1.807, 2.05) is 56.3 Å². The maximum atomic E-state index is 12.5. The van der Waals surface area contributed by atoms with E-state index in [1.165, 1.54) is 4.90 Å². The zero-order valence-electron chi connectivity index (χ0n) is 18.4. The van der Waals surface area contributed by atoms with E-state index < -0.39 is 0 Å². The summed E-state index contributed by atoms with van der Waals surface area (Å²) in [5, 5.41) is 4.04. The summed E-state index contributed by atoms with van der Waals surface area (Å²) in [6.07, 6.45) is 7.15. The smallest absolute Gasteiger partial charge is 0.261 e. The molecule has 2 amide bonds. The molecule has 5 rings (SSSR count). The molecule has 1 aliphatic heterocycles. The fourth-order valence-corrected chi connectivity index (χ4v) is 3.57. The number of anilines is 2. The third-order valence-corrected chi connectivity index (χ3v) is 5.18. The Balaban J connectivity index is 0.00000126. The highest BCUT2D eigenvalue weighted by molar-refractivity contribution is 6.21. The summed E-state index contributed by atoms with van der Waals surface area (Å²) in [7, 11) is 0. The van der Waals surface area contributed by atoms with Crippen LogP contribution in [0.3, 0.4) is 0 Å². The number of aromatic nitrogens is 2. The Morgan fingerprint density at radius 2 is 1.61 bits per heavy atom. The van der Waals surface area contributed by atoms with Crippen LogP contribution in [0.25, 0.3) is 10.9 Å². The number of hydrogen-bond donors (Lipinski definition) is 1. The van der Waals surface area contributed by atoms with Gasteiger partial charge in [-0.3, -0.25) is 14.5 Å².